The van der Waals surface area contributed by atoms with Crippen molar-refractivity contribution in [2.45, 2.75) is 26.4 Å². The molecule has 136 valence electrons. The van der Waals surface area contributed by atoms with E-state index in [1.165, 1.54) is 32.4 Å². The van der Waals surface area contributed by atoms with Gasteiger partial charge >= 0.3 is 6.61 Å². The van der Waals surface area contributed by atoms with E-state index in [0.29, 0.717) is 12.1 Å². The lowest BCUT2D eigenvalue weighted by atomic mass is 10.1. The highest BCUT2D eigenvalue weighted by atomic mass is 19.3. The number of benzene rings is 1. The van der Waals surface area contributed by atoms with Crippen molar-refractivity contribution in [2.24, 2.45) is 0 Å². The lowest BCUT2D eigenvalue weighted by Crippen LogP contribution is -2.25. The van der Waals surface area contributed by atoms with E-state index in [4.69, 9.17) is 9.47 Å². The zero-order valence-electron chi connectivity index (χ0n) is 14.3. The molecule has 0 fully saturated rings. The van der Waals surface area contributed by atoms with E-state index in [9.17, 15) is 18.8 Å². The monoisotopic (exact) mass is 354 g/mol. The Morgan fingerprint density at radius 1 is 1.32 bits per heavy atom. The van der Waals surface area contributed by atoms with Crippen LogP contribution in [0.3, 0.4) is 0 Å². The Labute approximate surface area is 145 Å². The minimum Gasteiger partial charge on any atom is -0.493 e. The summed E-state index contributed by atoms with van der Waals surface area (Å²) in [4.78, 5) is 12.0. The molecule has 1 aromatic rings. The van der Waals surface area contributed by atoms with Gasteiger partial charge in [0.2, 0.25) is 5.75 Å². The molecule has 8 heteroatoms. The smallest absolute Gasteiger partial charge is 0.387 e. The predicted octanol–water partition coefficient (Wildman–Crippen LogP) is 3.13. The third-order valence-electron chi connectivity index (χ3n) is 3.18. The number of carbonyl (C=O) groups is 1. The quantitative estimate of drug-likeness (QED) is 0.419. The molecule has 1 N–H and O–H groups in total. The summed E-state index contributed by atoms with van der Waals surface area (Å²) in [6.07, 6.45) is 3.02. The van der Waals surface area contributed by atoms with Crippen molar-refractivity contribution in [2.75, 3.05) is 20.8 Å². The molecule has 6 nitrogen and oxygen atoms in total. The summed E-state index contributed by atoms with van der Waals surface area (Å²) >= 11 is 0. The van der Waals surface area contributed by atoms with Gasteiger partial charge in [-0.2, -0.15) is 14.0 Å². The Balaban J connectivity index is 3.19. The van der Waals surface area contributed by atoms with Crippen LogP contribution in [0.1, 0.15) is 25.3 Å². The maximum Gasteiger partial charge on any atom is 0.387 e. The van der Waals surface area contributed by atoms with Crippen molar-refractivity contribution in [1.29, 1.82) is 5.26 Å². The molecule has 0 aromatic heterocycles. The number of carbonyl (C=O) groups excluding carboxylic acids is 1. The van der Waals surface area contributed by atoms with Crippen molar-refractivity contribution < 1.29 is 27.8 Å². The molecule has 0 aliphatic carbocycles. The van der Waals surface area contributed by atoms with Crippen molar-refractivity contribution in [3.05, 3.63) is 23.3 Å². The molecule has 0 bridgehead atoms. The standard InChI is InChI=1S/C17H20F2N2O4/c1-4-5-6-21-16(22)12(10-20)7-11-8-13(23-2)15(25-17(18)19)14(9-11)24-3/h7-9,17H,4-6H2,1-3H3,(H,21,22). The first-order chi connectivity index (χ1) is 12.0. The summed E-state index contributed by atoms with van der Waals surface area (Å²) in [5.41, 5.74) is 0.250. The van der Waals surface area contributed by atoms with Gasteiger partial charge < -0.3 is 19.5 Å². The lowest BCUT2D eigenvalue weighted by molar-refractivity contribution is -0.117. The molecule has 1 rings (SSSR count). The van der Waals surface area contributed by atoms with Crippen molar-refractivity contribution in [1.82, 2.24) is 5.32 Å². The SMILES string of the molecule is CCCCNC(=O)C(C#N)=Cc1cc(OC)c(OC(F)F)c(OC)c1. The van der Waals surface area contributed by atoms with E-state index in [2.05, 4.69) is 10.1 Å². The summed E-state index contributed by atoms with van der Waals surface area (Å²) in [5, 5.41) is 11.8. The Morgan fingerprint density at radius 2 is 1.92 bits per heavy atom. The number of nitrogens with one attached hydrogen (secondary N) is 1. The second-order valence-corrected chi connectivity index (χ2v) is 4.91. The van der Waals surface area contributed by atoms with Crippen LogP contribution in [-0.4, -0.2) is 33.3 Å². The molecule has 0 aliphatic rings. The minimum atomic E-state index is -3.05. The van der Waals surface area contributed by atoms with E-state index < -0.39 is 12.5 Å². The highest BCUT2D eigenvalue weighted by molar-refractivity contribution is 6.01. The van der Waals surface area contributed by atoms with Gasteiger partial charge in [0.25, 0.3) is 5.91 Å². The number of rotatable bonds is 9. The highest BCUT2D eigenvalue weighted by Crippen LogP contribution is 2.40. The molecule has 1 amide bonds. The van der Waals surface area contributed by atoms with Crippen LogP contribution in [0.4, 0.5) is 8.78 Å². The molecule has 0 aliphatic heterocycles. The number of unbranched alkanes of at least 4 members (excludes halogenated alkanes) is 1. The van der Waals surface area contributed by atoms with Crippen LogP contribution in [0.15, 0.2) is 17.7 Å². The van der Waals surface area contributed by atoms with Gasteiger partial charge in [0.15, 0.2) is 11.5 Å². The van der Waals surface area contributed by atoms with Crippen molar-refractivity contribution in [3.8, 4) is 23.3 Å². The summed E-state index contributed by atoms with van der Waals surface area (Å²) in [6.45, 7) is -0.611. The van der Waals surface area contributed by atoms with Crippen LogP contribution < -0.4 is 19.5 Å². The minimum absolute atomic E-state index is 0.00502. The summed E-state index contributed by atoms with van der Waals surface area (Å²) < 4.78 is 39.5. The first-order valence-electron chi connectivity index (χ1n) is 7.57. The largest absolute Gasteiger partial charge is 0.493 e. The van der Waals surface area contributed by atoms with Gasteiger partial charge in [0, 0.05) is 6.54 Å². The number of amides is 1. The average Bonchev–Trinajstić information content (AvgIpc) is 2.59. The fourth-order valence-corrected chi connectivity index (χ4v) is 1.98. The zero-order chi connectivity index (χ0) is 18.8. The lowest BCUT2D eigenvalue weighted by Gasteiger charge is -2.14. The number of ether oxygens (including phenoxy) is 3. The van der Waals surface area contributed by atoms with Gasteiger partial charge in [0.05, 0.1) is 14.2 Å². The Hall–Kier alpha value is -2.82. The molecule has 0 radical (unpaired) electrons. The summed E-state index contributed by atoms with van der Waals surface area (Å²) in [5.74, 6) is -0.783. The molecule has 1 aromatic carbocycles. The second kappa shape index (κ2) is 10.1. The second-order valence-electron chi connectivity index (χ2n) is 4.91. The van der Waals surface area contributed by atoms with Crippen LogP contribution in [0.25, 0.3) is 6.08 Å². The van der Waals surface area contributed by atoms with Gasteiger partial charge in [-0.05, 0) is 30.2 Å². The van der Waals surface area contributed by atoms with E-state index in [0.717, 1.165) is 12.8 Å². The molecule has 0 spiro atoms. The topological polar surface area (TPSA) is 80.6 Å². The van der Waals surface area contributed by atoms with Crippen molar-refractivity contribution in [3.63, 3.8) is 0 Å². The van der Waals surface area contributed by atoms with E-state index >= 15 is 0 Å². The van der Waals surface area contributed by atoms with Gasteiger partial charge in [0.1, 0.15) is 11.6 Å². The predicted molar refractivity (Wildman–Crippen MR) is 87.7 cm³/mol. The maximum absolute atomic E-state index is 12.5. The first-order valence-corrected chi connectivity index (χ1v) is 7.57. The molecule has 25 heavy (non-hydrogen) atoms. The Bertz CT molecular complexity index is 644. The summed E-state index contributed by atoms with van der Waals surface area (Å²) in [6, 6.07) is 4.56. The fourth-order valence-electron chi connectivity index (χ4n) is 1.98. The van der Waals surface area contributed by atoms with Gasteiger partial charge in [-0.1, -0.05) is 13.3 Å². The molecular formula is C17H20F2N2O4. The average molecular weight is 354 g/mol. The Kier molecular flexibility index (Phi) is 8.19. The van der Waals surface area contributed by atoms with Crippen molar-refractivity contribution >= 4 is 12.0 Å². The van der Waals surface area contributed by atoms with E-state index in [1.807, 2.05) is 13.0 Å². The van der Waals surface area contributed by atoms with E-state index in [-0.39, 0.29) is 22.8 Å². The van der Waals surface area contributed by atoms with Crippen LogP contribution in [0.5, 0.6) is 17.2 Å². The number of alkyl halides is 2. The normalized spacial score (nSPS) is 11.0. The molecule has 0 atom stereocenters. The summed E-state index contributed by atoms with van der Waals surface area (Å²) in [7, 11) is 2.56. The first kappa shape index (κ1) is 20.2. The number of nitrogens with zero attached hydrogens (tertiary/aromatic N) is 1. The molecule has 0 saturated heterocycles. The molecule has 0 heterocycles. The molecule has 0 unspecified atom stereocenters. The van der Waals surface area contributed by atoms with Gasteiger partial charge in [-0.25, -0.2) is 0 Å². The molecule has 0 saturated carbocycles. The van der Waals surface area contributed by atoms with E-state index in [1.54, 1.807) is 0 Å². The third-order valence-corrected chi connectivity index (χ3v) is 3.18. The zero-order valence-corrected chi connectivity index (χ0v) is 14.3. The van der Waals surface area contributed by atoms with Gasteiger partial charge in [-0.3, -0.25) is 4.79 Å². The van der Waals surface area contributed by atoms with Crippen LogP contribution in [-0.2, 0) is 4.79 Å². The van der Waals surface area contributed by atoms with Gasteiger partial charge in [-0.15, -0.1) is 0 Å². The number of methoxy groups -OCH3 is 2. The number of halogens is 2. The number of hydrogen-bond acceptors (Lipinski definition) is 5. The van der Waals surface area contributed by atoms with Crippen LogP contribution >= 0.6 is 0 Å². The fraction of sp³-hybridized carbons (Fsp3) is 0.412. The van der Waals surface area contributed by atoms with Crippen LogP contribution in [0.2, 0.25) is 0 Å². The number of hydrogen-bond donors (Lipinski definition) is 1. The highest BCUT2D eigenvalue weighted by Gasteiger charge is 2.18. The number of nitriles is 1. The third kappa shape index (κ3) is 5.95. The Morgan fingerprint density at radius 3 is 2.36 bits per heavy atom. The van der Waals surface area contributed by atoms with Crippen LogP contribution in [0, 0.1) is 11.3 Å². The maximum atomic E-state index is 12.5. The molecular weight excluding hydrogens is 334 g/mol.